The van der Waals surface area contributed by atoms with E-state index in [9.17, 15) is 0 Å². The normalized spacial score (nSPS) is 17.3. The van der Waals surface area contributed by atoms with E-state index in [1.165, 1.54) is 11.3 Å². The molecule has 2 heterocycles. The fourth-order valence-corrected chi connectivity index (χ4v) is 2.26. The molecule has 2 aromatic rings. The van der Waals surface area contributed by atoms with Gasteiger partial charge in [-0.1, -0.05) is 18.2 Å². The molecule has 18 heavy (non-hydrogen) atoms. The zero-order valence-electron chi connectivity index (χ0n) is 10.6. The number of fused-ring (bicyclic) bond motifs is 1. The van der Waals surface area contributed by atoms with E-state index in [1.54, 1.807) is 0 Å². The Balaban J connectivity index is 1.78. The van der Waals surface area contributed by atoms with Crippen molar-refractivity contribution in [1.82, 2.24) is 10.1 Å². The van der Waals surface area contributed by atoms with E-state index in [0.717, 1.165) is 13.0 Å². The molecule has 1 unspecified atom stereocenters. The maximum atomic E-state index is 5.27. The van der Waals surface area contributed by atoms with Gasteiger partial charge in [0.1, 0.15) is 0 Å². The van der Waals surface area contributed by atoms with Crippen molar-refractivity contribution >= 4 is 11.6 Å². The number of hydrogen-bond acceptors (Lipinski definition) is 5. The Morgan fingerprint density at radius 3 is 3.00 bits per heavy atom. The van der Waals surface area contributed by atoms with Gasteiger partial charge in [-0.3, -0.25) is 0 Å². The first kappa shape index (κ1) is 11.1. The Hall–Kier alpha value is -2.04. The number of benzene rings is 1. The predicted octanol–water partition coefficient (Wildman–Crippen LogP) is 1.89. The zero-order chi connectivity index (χ0) is 12.5. The third-order valence-electron chi connectivity index (χ3n) is 3.22. The summed E-state index contributed by atoms with van der Waals surface area (Å²) in [6.07, 6.45) is 0.783. The second-order valence-corrected chi connectivity index (χ2v) is 4.75. The summed E-state index contributed by atoms with van der Waals surface area (Å²) in [5.74, 6) is 1.74. The van der Waals surface area contributed by atoms with Crippen LogP contribution in [0.2, 0.25) is 0 Å². The molecular formula is C13H16N4O. The molecular weight excluding hydrogens is 228 g/mol. The smallest absolute Gasteiger partial charge is 0.265 e. The molecule has 1 aliphatic heterocycles. The van der Waals surface area contributed by atoms with Crippen LogP contribution >= 0.6 is 0 Å². The van der Waals surface area contributed by atoms with Gasteiger partial charge in [-0.05, 0) is 16.8 Å². The van der Waals surface area contributed by atoms with E-state index >= 15 is 0 Å². The summed E-state index contributed by atoms with van der Waals surface area (Å²) in [4.78, 5) is 6.21. The van der Waals surface area contributed by atoms with Crippen molar-refractivity contribution in [3.05, 3.63) is 35.7 Å². The van der Waals surface area contributed by atoms with E-state index in [1.807, 2.05) is 25.1 Å². The lowest BCUT2D eigenvalue weighted by molar-refractivity contribution is 0.371. The lowest BCUT2D eigenvalue weighted by atomic mass is 9.98. The Morgan fingerprint density at radius 1 is 1.39 bits per heavy atom. The number of aromatic nitrogens is 2. The highest BCUT2D eigenvalue weighted by Gasteiger charge is 2.24. The second-order valence-electron chi connectivity index (χ2n) is 4.75. The molecule has 0 fully saturated rings. The average molecular weight is 244 g/mol. The van der Waals surface area contributed by atoms with Gasteiger partial charge in [0, 0.05) is 38.7 Å². The van der Waals surface area contributed by atoms with Crippen LogP contribution < -0.4 is 10.2 Å². The lowest BCUT2D eigenvalue weighted by Crippen LogP contribution is -2.10. The highest BCUT2D eigenvalue weighted by molar-refractivity contribution is 5.57. The third-order valence-corrected chi connectivity index (χ3v) is 3.22. The highest BCUT2D eigenvalue weighted by atomic mass is 16.5. The van der Waals surface area contributed by atoms with Crippen molar-refractivity contribution in [3.63, 3.8) is 0 Å². The first-order chi connectivity index (χ1) is 8.74. The summed E-state index contributed by atoms with van der Waals surface area (Å²) in [5, 5.41) is 7.33. The molecule has 5 nitrogen and oxygen atoms in total. The molecule has 0 bridgehead atoms. The van der Waals surface area contributed by atoms with Gasteiger partial charge in [-0.25, -0.2) is 0 Å². The third kappa shape index (κ3) is 1.92. The van der Waals surface area contributed by atoms with Gasteiger partial charge in [-0.15, -0.1) is 0 Å². The number of para-hydroxylation sites is 1. The van der Waals surface area contributed by atoms with E-state index in [0.29, 0.717) is 17.8 Å². The number of rotatable bonds is 3. The van der Waals surface area contributed by atoms with Crippen molar-refractivity contribution in [2.75, 3.05) is 30.9 Å². The predicted molar refractivity (Wildman–Crippen MR) is 70.0 cm³/mol. The second kappa shape index (κ2) is 4.33. The first-order valence-electron chi connectivity index (χ1n) is 6.07. The molecule has 1 aliphatic rings. The Morgan fingerprint density at radius 2 is 2.22 bits per heavy atom. The van der Waals surface area contributed by atoms with Gasteiger partial charge >= 0.3 is 0 Å². The van der Waals surface area contributed by atoms with Crippen LogP contribution in [0.1, 0.15) is 17.4 Å². The highest BCUT2D eigenvalue weighted by Crippen LogP contribution is 2.33. The maximum Gasteiger partial charge on any atom is 0.265 e. The Labute approximate surface area is 106 Å². The fourth-order valence-electron chi connectivity index (χ4n) is 2.26. The summed E-state index contributed by atoms with van der Waals surface area (Å²) < 4.78 is 5.27. The van der Waals surface area contributed by atoms with Crippen LogP contribution in [0.15, 0.2) is 28.8 Å². The topological polar surface area (TPSA) is 54.2 Å². The number of nitrogens with zero attached hydrogens (tertiary/aromatic N) is 3. The van der Waals surface area contributed by atoms with Gasteiger partial charge in [0.15, 0.2) is 0 Å². The summed E-state index contributed by atoms with van der Waals surface area (Å²) in [5.41, 5.74) is 2.55. The quantitative estimate of drug-likeness (QED) is 0.893. The van der Waals surface area contributed by atoms with Crippen LogP contribution in [0.25, 0.3) is 0 Å². The largest absolute Gasteiger partial charge is 0.384 e. The van der Waals surface area contributed by atoms with Crippen LogP contribution in [0.4, 0.5) is 11.6 Å². The molecule has 0 radical (unpaired) electrons. The van der Waals surface area contributed by atoms with Crippen LogP contribution in [0.3, 0.4) is 0 Å². The molecule has 1 aromatic carbocycles. The number of hydrogen-bond donors (Lipinski definition) is 1. The molecule has 3 rings (SSSR count). The molecule has 0 saturated heterocycles. The minimum absolute atomic E-state index is 0.414. The van der Waals surface area contributed by atoms with E-state index in [4.69, 9.17) is 4.52 Å². The Bertz CT molecular complexity index is 549. The van der Waals surface area contributed by atoms with Crippen LogP contribution in [0, 0.1) is 0 Å². The summed E-state index contributed by atoms with van der Waals surface area (Å²) in [6, 6.07) is 8.38. The van der Waals surface area contributed by atoms with Gasteiger partial charge in [0.05, 0.1) is 0 Å². The van der Waals surface area contributed by atoms with Gasteiger partial charge in [0.2, 0.25) is 5.89 Å². The SMILES string of the molecule is CN(C)c1noc(CC2CNc3ccccc32)n1. The molecule has 0 amide bonds. The van der Waals surface area contributed by atoms with Crippen molar-refractivity contribution in [2.24, 2.45) is 0 Å². The number of nitrogens with one attached hydrogen (secondary N) is 1. The lowest BCUT2D eigenvalue weighted by Gasteiger charge is -2.06. The average Bonchev–Trinajstić information content (AvgIpc) is 2.98. The molecule has 1 N–H and O–H groups in total. The van der Waals surface area contributed by atoms with Crippen molar-refractivity contribution < 1.29 is 4.52 Å². The van der Waals surface area contributed by atoms with Crippen molar-refractivity contribution in [2.45, 2.75) is 12.3 Å². The molecule has 94 valence electrons. The fraction of sp³-hybridized carbons (Fsp3) is 0.385. The maximum absolute atomic E-state index is 5.27. The van der Waals surface area contributed by atoms with Gasteiger partial charge in [-0.2, -0.15) is 4.98 Å². The standard InChI is InChI=1S/C13H16N4O/c1-17(2)13-15-12(18-16-13)7-9-8-14-11-6-4-3-5-10(9)11/h3-6,9,14H,7-8H2,1-2H3. The summed E-state index contributed by atoms with van der Waals surface area (Å²) >= 11 is 0. The van der Waals surface area contributed by atoms with E-state index in [-0.39, 0.29) is 0 Å². The van der Waals surface area contributed by atoms with E-state index in [2.05, 4.69) is 33.7 Å². The molecule has 1 aromatic heterocycles. The van der Waals surface area contributed by atoms with Crippen molar-refractivity contribution in [3.8, 4) is 0 Å². The molecule has 0 aliphatic carbocycles. The Kier molecular flexibility index (Phi) is 2.66. The van der Waals surface area contributed by atoms with Crippen LogP contribution in [0.5, 0.6) is 0 Å². The minimum atomic E-state index is 0.414. The summed E-state index contributed by atoms with van der Waals surface area (Å²) in [7, 11) is 3.81. The summed E-state index contributed by atoms with van der Waals surface area (Å²) in [6.45, 7) is 0.930. The van der Waals surface area contributed by atoms with Crippen LogP contribution in [-0.4, -0.2) is 30.8 Å². The van der Waals surface area contributed by atoms with Crippen molar-refractivity contribution in [1.29, 1.82) is 0 Å². The molecule has 0 saturated carbocycles. The van der Waals surface area contributed by atoms with Gasteiger partial charge in [0.25, 0.3) is 5.95 Å². The molecule has 0 spiro atoms. The monoisotopic (exact) mass is 244 g/mol. The van der Waals surface area contributed by atoms with Gasteiger partial charge < -0.3 is 14.7 Å². The first-order valence-corrected chi connectivity index (χ1v) is 6.07. The van der Waals surface area contributed by atoms with Crippen LogP contribution in [-0.2, 0) is 6.42 Å². The minimum Gasteiger partial charge on any atom is -0.384 e. The van der Waals surface area contributed by atoms with E-state index < -0.39 is 0 Å². The molecule has 5 heteroatoms. The number of anilines is 2. The molecule has 1 atom stereocenters. The zero-order valence-corrected chi connectivity index (χ0v) is 10.6.